The first-order valence-electron chi connectivity index (χ1n) is 5.50. The number of rotatable bonds is 6. The molecule has 100 valence electrons. The normalized spacial score (nSPS) is 10.3. The van der Waals surface area contributed by atoms with Crippen LogP contribution >= 0.6 is 0 Å². The van der Waals surface area contributed by atoms with Gasteiger partial charge in [0.2, 0.25) is 0 Å². The minimum Gasteiger partial charge on any atom is -0.504 e. The van der Waals surface area contributed by atoms with E-state index in [0.29, 0.717) is 26.2 Å². The highest BCUT2D eigenvalue weighted by Crippen LogP contribution is 2.35. The minimum absolute atomic E-state index is 0.0709. The molecule has 7 heteroatoms. The Labute approximate surface area is 104 Å². The van der Waals surface area contributed by atoms with Crippen LogP contribution in [0.5, 0.6) is 17.2 Å². The summed E-state index contributed by atoms with van der Waals surface area (Å²) in [5.41, 5.74) is 5.35. The number of phenols is 3. The fraction of sp³-hybridized carbons (Fsp3) is 0.364. The van der Waals surface area contributed by atoms with Gasteiger partial charge in [-0.1, -0.05) is 0 Å². The molecule has 0 saturated heterocycles. The van der Waals surface area contributed by atoms with Crippen molar-refractivity contribution in [1.29, 1.82) is 0 Å². The van der Waals surface area contributed by atoms with E-state index in [-0.39, 0.29) is 5.56 Å². The van der Waals surface area contributed by atoms with Crippen molar-refractivity contribution < 1.29 is 20.1 Å². The zero-order chi connectivity index (χ0) is 13.5. The lowest BCUT2D eigenvalue weighted by molar-refractivity contribution is 0.0953. The average molecular weight is 255 g/mol. The Balaban J connectivity index is 2.52. The maximum absolute atomic E-state index is 11.6. The number of benzene rings is 1. The van der Waals surface area contributed by atoms with Gasteiger partial charge in [0.25, 0.3) is 5.91 Å². The monoisotopic (exact) mass is 255 g/mol. The van der Waals surface area contributed by atoms with Crippen molar-refractivity contribution in [1.82, 2.24) is 10.6 Å². The molecule has 0 aliphatic heterocycles. The Hall–Kier alpha value is -1.99. The van der Waals surface area contributed by atoms with Gasteiger partial charge >= 0.3 is 0 Å². The molecule has 1 amide bonds. The van der Waals surface area contributed by atoms with E-state index >= 15 is 0 Å². The number of nitrogens with two attached hydrogens (primary N) is 1. The SMILES string of the molecule is NCCNCCNC(=O)c1cc(O)c(O)c(O)c1. The highest BCUT2D eigenvalue weighted by molar-refractivity contribution is 5.95. The Morgan fingerprint density at radius 3 is 2.28 bits per heavy atom. The quantitative estimate of drug-likeness (QED) is 0.288. The van der Waals surface area contributed by atoms with Gasteiger partial charge in [-0.25, -0.2) is 0 Å². The summed E-state index contributed by atoms with van der Waals surface area (Å²) in [6.45, 7) is 2.14. The number of aromatic hydroxyl groups is 3. The van der Waals surface area contributed by atoms with E-state index in [0.717, 1.165) is 12.1 Å². The van der Waals surface area contributed by atoms with Crippen molar-refractivity contribution in [3.05, 3.63) is 17.7 Å². The molecular formula is C11H17N3O4. The molecule has 0 aliphatic rings. The van der Waals surface area contributed by atoms with Crippen molar-refractivity contribution in [2.45, 2.75) is 0 Å². The second-order valence-electron chi connectivity index (χ2n) is 3.66. The summed E-state index contributed by atoms with van der Waals surface area (Å²) in [7, 11) is 0. The molecule has 1 aromatic rings. The molecule has 7 nitrogen and oxygen atoms in total. The number of hydrogen-bond acceptors (Lipinski definition) is 6. The van der Waals surface area contributed by atoms with Gasteiger partial charge < -0.3 is 31.7 Å². The van der Waals surface area contributed by atoms with Crippen LogP contribution in [0.3, 0.4) is 0 Å². The Kier molecular flexibility index (Phi) is 5.22. The summed E-state index contributed by atoms with van der Waals surface area (Å²) in [6.07, 6.45) is 0. The Morgan fingerprint density at radius 2 is 1.72 bits per heavy atom. The van der Waals surface area contributed by atoms with E-state index in [2.05, 4.69) is 10.6 Å². The molecule has 0 saturated carbocycles. The molecule has 1 rings (SSSR count). The molecule has 0 fully saturated rings. The third-order valence-corrected chi connectivity index (χ3v) is 2.24. The minimum atomic E-state index is -0.642. The third-order valence-electron chi connectivity index (χ3n) is 2.24. The molecule has 7 N–H and O–H groups in total. The van der Waals surface area contributed by atoms with Crippen molar-refractivity contribution in [3.63, 3.8) is 0 Å². The Morgan fingerprint density at radius 1 is 1.11 bits per heavy atom. The molecule has 0 aromatic heterocycles. The second kappa shape index (κ2) is 6.67. The smallest absolute Gasteiger partial charge is 0.251 e. The van der Waals surface area contributed by atoms with Crippen molar-refractivity contribution in [2.75, 3.05) is 26.2 Å². The van der Waals surface area contributed by atoms with E-state index in [4.69, 9.17) is 10.8 Å². The fourth-order valence-electron chi connectivity index (χ4n) is 1.33. The van der Waals surface area contributed by atoms with Crippen molar-refractivity contribution >= 4 is 5.91 Å². The predicted octanol–water partition coefficient (Wildman–Crippen LogP) is -0.919. The van der Waals surface area contributed by atoms with Crippen LogP contribution in [0.15, 0.2) is 12.1 Å². The van der Waals surface area contributed by atoms with Gasteiger partial charge in [0.05, 0.1) is 0 Å². The molecule has 0 spiro atoms. The number of carbonyl (C=O) groups is 1. The number of hydrogen-bond donors (Lipinski definition) is 6. The summed E-state index contributed by atoms with van der Waals surface area (Å²) in [6, 6.07) is 2.16. The molecule has 0 aliphatic carbocycles. The second-order valence-corrected chi connectivity index (χ2v) is 3.66. The van der Waals surface area contributed by atoms with Gasteiger partial charge in [-0.2, -0.15) is 0 Å². The van der Waals surface area contributed by atoms with Crippen LogP contribution in [0.1, 0.15) is 10.4 Å². The lowest BCUT2D eigenvalue weighted by Crippen LogP contribution is -2.33. The molecule has 0 radical (unpaired) electrons. The summed E-state index contributed by atoms with van der Waals surface area (Å²) in [5.74, 6) is -2.17. The van der Waals surface area contributed by atoms with E-state index in [9.17, 15) is 15.0 Å². The lowest BCUT2D eigenvalue weighted by Gasteiger charge is -2.08. The first-order valence-corrected chi connectivity index (χ1v) is 5.50. The van der Waals surface area contributed by atoms with E-state index in [1.165, 1.54) is 0 Å². The van der Waals surface area contributed by atoms with Crippen LogP contribution in [0.25, 0.3) is 0 Å². The van der Waals surface area contributed by atoms with Crippen LogP contribution in [-0.4, -0.2) is 47.4 Å². The highest BCUT2D eigenvalue weighted by Gasteiger charge is 2.12. The fourth-order valence-corrected chi connectivity index (χ4v) is 1.33. The molecule has 0 atom stereocenters. The molecular weight excluding hydrogens is 238 g/mol. The number of amides is 1. The molecule has 0 bridgehead atoms. The van der Waals surface area contributed by atoms with Crippen molar-refractivity contribution in [3.8, 4) is 17.2 Å². The predicted molar refractivity (Wildman–Crippen MR) is 65.7 cm³/mol. The van der Waals surface area contributed by atoms with Crippen LogP contribution in [0.2, 0.25) is 0 Å². The van der Waals surface area contributed by atoms with Gasteiger partial charge in [-0.3, -0.25) is 4.79 Å². The van der Waals surface area contributed by atoms with E-state index < -0.39 is 23.2 Å². The molecule has 1 aromatic carbocycles. The number of phenolic OH excluding ortho intramolecular Hbond substituents is 3. The first-order chi connectivity index (χ1) is 8.56. The lowest BCUT2D eigenvalue weighted by atomic mass is 10.1. The van der Waals surface area contributed by atoms with Crippen LogP contribution in [-0.2, 0) is 0 Å². The summed E-state index contributed by atoms with van der Waals surface area (Å²) in [5, 5.41) is 33.2. The maximum atomic E-state index is 11.6. The van der Waals surface area contributed by atoms with Crippen LogP contribution in [0.4, 0.5) is 0 Å². The first kappa shape index (κ1) is 14.1. The van der Waals surface area contributed by atoms with E-state index in [1.807, 2.05) is 0 Å². The van der Waals surface area contributed by atoms with Gasteiger partial charge in [-0.15, -0.1) is 0 Å². The topological polar surface area (TPSA) is 128 Å². The molecule has 0 heterocycles. The van der Waals surface area contributed by atoms with Crippen LogP contribution < -0.4 is 16.4 Å². The largest absolute Gasteiger partial charge is 0.504 e. The zero-order valence-corrected chi connectivity index (χ0v) is 9.81. The number of nitrogens with one attached hydrogen (secondary N) is 2. The van der Waals surface area contributed by atoms with E-state index in [1.54, 1.807) is 0 Å². The maximum Gasteiger partial charge on any atom is 0.251 e. The Bertz CT molecular complexity index is 400. The van der Waals surface area contributed by atoms with Crippen molar-refractivity contribution in [2.24, 2.45) is 5.73 Å². The van der Waals surface area contributed by atoms with Gasteiger partial charge in [-0.05, 0) is 12.1 Å². The van der Waals surface area contributed by atoms with Crippen LogP contribution in [0, 0.1) is 0 Å². The van der Waals surface area contributed by atoms with Gasteiger partial charge in [0.1, 0.15) is 0 Å². The standard InChI is InChI=1S/C11H17N3O4/c12-1-2-13-3-4-14-11(18)7-5-8(15)10(17)9(16)6-7/h5-6,13,15-17H,1-4,12H2,(H,14,18). The highest BCUT2D eigenvalue weighted by atomic mass is 16.3. The molecule has 18 heavy (non-hydrogen) atoms. The summed E-state index contributed by atoms with van der Waals surface area (Å²) < 4.78 is 0. The third kappa shape index (κ3) is 3.79. The number of carbonyl (C=O) groups excluding carboxylic acids is 1. The summed E-state index contributed by atoms with van der Waals surface area (Å²) >= 11 is 0. The zero-order valence-electron chi connectivity index (χ0n) is 9.81. The molecule has 0 unspecified atom stereocenters. The van der Waals surface area contributed by atoms with Gasteiger partial charge in [0, 0.05) is 31.7 Å². The average Bonchev–Trinajstić information content (AvgIpc) is 2.34. The van der Waals surface area contributed by atoms with Gasteiger partial charge in [0.15, 0.2) is 17.2 Å². The summed E-state index contributed by atoms with van der Waals surface area (Å²) in [4.78, 5) is 11.6.